The number of nitrogen functional groups attached to an aromatic ring is 1. The number of aliphatic carboxylic acids is 1. The van der Waals surface area contributed by atoms with E-state index in [0.717, 1.165) is 12.8 Å². The molecule has 2 aromatic heterocycles. The first-order valence-corrected chi connectivity index (χ1v) is 10.9. The molecule has 3 atom stereocenters. The number of anilines is 1. The molecule has 2 aliphatic rings. The second-order valence-corrected chi connectivity index (χ2v) is 9.57. The minimum Gasteiger partial charge on any atom is -0.481 e. The van der Waals surface area contributed by atoms with Gasteiger partial charge in [-0.1, -0.05) is 12.8 Å². The number of hydrogen-bond acceptors (Lipinski definition) is 8. The SMILES string of the molecule is C[C@@]1(O)C[C@H](O)CN(C(=O)CC2(CC(=O)O)CCCC2)C[C@H]1n1cnc2c(N)ncnc21. The lowest BCUT2D eigenvalue weighted by molar-refractivity contribution is -0.142. The summed E-state index contributed by atoms with van der Waals surface area (Å²) in [5.41, 5.74) is 4.83. The zero-order valence-corrected chi connectivity index (χ0v) is 18.1. The van der Waals surface area contributed by atoms with E-state index < -0.39 is 29.1 Å². The van der Waals surface area contributed by atoms with Crippen molar-refractivity contribution in [1.82, 2.24) is 24.4 Å². The summed E-state index contributed by atoms with van der Waals surface area (Å²) in [6.45, 7) is 1.81. The minimum atomic E-state index is -1.35. The number of carbonyl (C=O) groups excluding carboxylic acids is 1. The molecule has 1 aliphatic carbocycles. The van der Waals surface area contributed by atoms with Crippen molar-refractivity contribution >= 4 is 28.9 Å². The molecule has 11 heteroatoms. The first-order chi connectivity index (χ1) is 15.1. The molecule has 1 aliphatic heterocycles. The summed E-state index contributed by atoms with van der Waals surface area (Å²) in [4.78, 5) is 38.8. The molecule has 0 spiro atoms. The highest BCUT2D eigenvalue weighted by atomic mass is 16.4. The Morgan fingerprint density at radius 3 is 2.59 bits per heavy atom. The number of nitrogens with zero attached hydrogens (tertiary/aromatic N) is 5. The molecule has 1 saturated heterocycles. The van der Waals surface area contributed by atoms with Crippen molar-refractivity contribution < 1.29 is 24.9 Å². The maximum Gasteiger partial charge on any atom is 0.303 e. The van der Waals surface area contributed by atoms with E-state index in [1.165, 1.54) is 17.6 Å². The summed E-state index contributed by atoms with van der Waals surface area (Å²) >= 11 is 0. The molecule has 3 heterocycles. The van der Waals surface area contributed by atoms with Gasteiger partial charge in [-0.3, -0.25) is 9.59 Å². The van der Waals surface area contributed by atoms with Crippen LogP contribution in [0, 0.1) is 5.41 Å². The number of fused-ring (bicyclic) bond motifs is 1. The molecule has 2 aromatic rings. The topological polar surface area (TPSA) is 168 Å². The minimum absolute atomic E-state index is 0.0430. The van der Waals surface area contributed by atoms with Gasteiger partial charge < -0.3 is 30.5 Å². The highest BCUT2D eigenvalue weighted by molar-refractivity contribution is 5.81. The number of aromatic nitrogens is 4. The van der Waals surface area contributed by atoms with E-state index in [0.29, 0.717) is 24.0 Å². The summed E-state index contributed by atoms with van der Waals surface area (Å²) in [6.07, 6.45) is 5.24. The normalized spacial score (nSPS) is 28.0. The highest BCUT2D eigenvalue weighted by Crippen LogP contribution is 2.45. The Kier molecular flexibility index (Phi) is 5.80. The molecule has 4 rings (SSSR count). The van der Waals surface area contributed by atoms with Gasteiger partial charge in [0.2, 0.25) is 5.91 Å². The Balaban J connectivity index is 1.64. The number of β-amino-alcohol motifs (C(OH)–C–C–N with tert-alkyl or cyclic N) is 1. The monoisotopic (exact) mass is 446 g/mol. The highest BCUT2D eigenvalue weighted by Gasteiger charge is 2.44. The van der Waals surface area contributed by atoms with Crippen molar-refractivity contribution in [2.75, 3.05) is 18.8 Å². The zero-order valence-electron chi connectivity index (χ0n) is 18.1. The predicted octanol–water partition coefficient (Wildman–Crippen LogP) is 0.719. The molecule has 1 amide bonds. The van der Waals surface area contributed by atoms with E-state index in [9.17, 15) is 24.9 Å². The Bertz CT molecular complexity index is 1020. The van der Waals surface area contributed by atoms with Gasteiger partial charge in [-0.2, -0.15) is 0 Å². The van der Waals surface area contributed by atoms with E-state index in [2.05, 4.69) is 15.0 Å². The Morgan fingerprint density at radius 2 is 1.91 bits per heavy atom. The van der Waals surface area contributed by atoms with Crippen LogP contribution in [0.15, 0.2) is 12.7 Å². The van der Waals surface area contributed by atoms with Crippen LogP contribution >= 0.6 is 0 Å². The van der Waals surface area contributed by atoms with Crippen LogP contribution in [-0.4, -0.2) is 76.4 Å². The summed E-state index contributed by atoms with van der Waals surface area (Å²) < 4.78 is 1.67. The number of nitrogens with two attached hydrogens (primary N) is 1. The van der Waals surface area contributed by atoms with Crippen molar-refractivity contribution in [3.63, 3.8) is 0 Å². The molecule has 11 nitrogen and oxygen atoms in total. The maximum atomic E-state index is 13.4. The fraction of sp³-hybridized carbons (Fsp3) is 0.667. The number of likely N-dealkylation sites (tertiary alicyclic amines) is 1. The van der Waals surface area contributed by atoms with Crippen LogP contribution in [0.3, 0.4) is 0 Å². The van der Waals surface area contributed by atoms with Gasteiger partial charge in [0.05, 0.1) is 30.5 Å². The quantitative estimate of drug-likeness (QED) is 0.517. The van der Waals surface area contributed by atoms with Crippen LogP contribution in [0.1, 0.15) is 57.9 Å². The van der Waals surface area contributed by atoms with E-state index >= 15 is 0 Å². The van der Waals surface area contributed by atoms with Gasteiger partial charge in [-0.25, -0.2) is 15.0 Å². The van der Waals surface area contributed by atoms with Gasteiger partial charge in [0.25, 0.3) is 0 Å². The van der Waals surface area contributed by atoms with Crippen molar-refractivity contribution in [2.24, 2.45) is 5.41 Å². The number of carbonyl (C=O) groups is 2. The third-order valence-electron chi connectivity index (χ3n) is 6.98. The molecular weight excluding hydrogens is 416 g/mol. The zero-order chi connectivity index (χ0) is 23.1. The molecule has 174 valence electrons. The molecular formula is C21H30N6O5. The van der Waals surface area contributed by atoms with E-state index in [1.807, 2.05) is 0 Å². The first kappa shape index (κ1) is 22.4. The largest absolute Gasteiger partial charge is 0.481 e. The first-order valence-electron chi connectivity index (χ1n) is 10.9. The van der Waals surface area contributed by atoms with Gasteiger partial charge in [-0.15, -0.1) is 0 Å². The van der Waals surface area contributed by atoms with Crippen molar-refractivity contribution in [3.05, 3.63) is 12.7 Å². The third kappa shape index (κ3) is 4.26. The van der Waals surface area contributed by atoms with Crippen LogP contribution in [0.2, 0.25) is 0 Å². The van der Waals surface area contributed by atoms with Crippen LogP contribution in [0.25, 0.3) is 11.2 Å². The number of imidazole rings is 1. The summed E-state index contributed by atoms with van der Waals surface area (Å²) in [6, 6.07) is -0.637. The van der Waals surface area contributed by atoms with Gasteiger partial charge in [-0.05, 0) is 25.2 Å². The molecule has 0 aromatic carbocycles. The third-order valence-corrected chi connectivity index (χ3v) is 6.98. The average molecular weight is 447 g/mol. The number of carboxylic acid groups (broad SMARTS) is 1. The molecule has 0 bridgehead atoms. The van der Waals surface area contributed by atoms with Gasteiger partial charge >= 0.3 is 5.97 Å². The Hall–Kier alpha value is -2.79. The van der Waals surface area contributed by atoms with Gasteiger partial charge in [0.15, 0.2) is 11.5 Å². The average Bonchev–Trinajstić information content (AvgIpc) is 3.29. The number of aliphatic hydroxyl groups is 2. The maximum absolute atomic E-state index is 13.4. The lowest BCUT2D eigenvalue weighted by Gasteiger charge is -2.35. The summed E-state index contributed by atoms with van der Waals surface area (Å²) in [5, 5.41) is 31.2. The van der Waals surface area contributed by atoms with Crippen LogP contribution in [0.5, 0.6) is 0 Å². The predicted molar refractivity (Wildman–Crippen MR) is 114 cm³/mol. The fourth-order valence-corrected chi connectivity index (χ4v) is 5.40. The Labute approximate surface area is 185 Å². The van der Waals surface area contributed by atoms with E-state index in [4.69, 9.17) is 5.73 Å². The number of aliphatic hydroxyl groups excluding tert-OH is 1. The lowest BCUT2D eigenvalue weighted by Crippen LogP contribution is -2.43. The van der Waals surface area contributed by atoms with Gasteiger partial charge in [0, 0.05) is 25.9 Å². The number of hydrogen-bond donors (Lipinski definition) is 4. The van der Waals surface area contributed by atoms with Crippen molar-refractivity contribution in [3.8, 4) is 0 Å². The van der Waals surface area contributed by atoms with E-state index in [1.54, 1.807) is 11.5 Å². The second-order valence-electron chi connectivity index (χ2n) is 9.57. The Morgan fingerprint density at radius 1 is 1.19 bits per heavy atom. The number of amides is 1. The molecule has 0 radical (unpaired) electrons. The molecule has 32 heavy (non-hydrogen) atoms. The van der Waals surface area contributed by atoms with E-state index in [-0.39, 0.29) is 44.1 Å². The van der Waals surface area contributed by atoms with Gasteiger partial charge in [0.1, 0.15) is 11.8 Å². The standard InChI is InChI=1S/C21H30N6O5/c1-20(32)6-13(28)9-26(15(29)7-21(8-16(30)31)4-2-3-5-21)10-14(20)27-12-25-17-18(22)23-11-24-19(17)27/h11-14,28,32H,2-10H2,1H3,(H,30,31)(H2,22,23,24)/t13-,14+,20+/m0/s1. The van der Waals surface area contributed by atoms with Crippen LogP contribution < -0.4 is 5.73 Å². The van der Waals surface area contributed by atoms with Crippen LogP contribution in [0.4, 0.5) is 5.82 Å². The number of carboxylic acids is 1. The summed E-state index contributed by atoms with van der Waals surface area (Å²) in [5.74, 6) is -0.904. The second kappa shape index (κ2) is 8.28. The molecule has 0 unspecified atom stereocenters. The molecule has 5 N–H and O–H groups in total. The number of rotatable bonds is 5. The van der Waals surface area contributed by atoms with Crippen LogP contribution in [-0.2, 0) is 9.59 Å². The fourth-order valence-electron chi connectivity index (χ4n) is 5.40. The molecule has 1 saturated carbocycles. The molecule has 2 fully saturated rings. The summed E-state index contributed by atoms with van der Waals surface area (Å²) in [7, 11) is 0. The van der Waals surface area contributed by atoms with Crippen molar-refractivity contribution in [2.45, 2.75) is 69.6 Å². The smallest absolute Gasteiger partial charge is 0.303 e. The lowest BCUT2D eigenvalue weighted by atomic mass is 9.79. The van der Waals surface area contributed by atoms with Crippen molar-refractivity contribution in [1.29, 1.82) is 0 Å².